The lowest BCUT2D eigenvalue weighted by Crippen LogP contribution is -2.46. The smallest absolute Gasteiger partial charge is 0.319 e. The molecule has 0 aliphatic carbocycles. The second-order valence-corrected chi connectivity index (χ2v) is 6.21. The molecule has 1 aliphatic rings. The standard InChI is InChI=1S/C17H26N4O2.ClH/c1-12(2)19-17(23)20-14-8-6-13(7-9-14)16(22)21-10-4-5-15(11-21)18-3;/h6-9,12,15,18H,4-5,10-11H2,1-3H3,(H2,19,20,23);1H. The number of amides is 3. The number of hydrogen-bond acceptors (Lipinski definition) is 3. The summed E-state index contributed by atoms with van der Waals surface area (Å²) in [6, 6.07) is 7.24. The Kier molecular flexibility index (Phi) is 8.01. The minimum absolute atomic E-state index is 0. The van der Waals surface area contributed by atoms with Crippen LogP contribution in [0.3, 0.4) is 0 Å². The van der Waals surface area contributed by atoms with Crippen molar-refractivity contribution in [3.05, 3.63) is 29.8 Å². The van der Waals surface area contributed by atoms with Crippen molar-refractivity contribution >= 4 is 30.0 Å². The van der Waals surface area contributed by atoms with Gasteiger partial charge in [0.05, 0.1) is 0 Å². The molecule has 0 spiro atoms. The molecule has 1 aliphatic heterocycles. The number of likely N-dealkylation sites (tertiary alicyclic amines) is 1. The lowest BCUT2D eigenvalue weighted by atomic mass is 10.0. The number of piperidine rings is 1. The van der Waals surface area contributed by atoms with Crippen LogP contribution in [-0.2, 0) is 0 Å². The number of nitrogens with one attached hydrogen (secondary N) is 3. The minimum atomic E-state index is -0.244. The largest absolute Gasteiger partial charge is 0.337 e. The zero-order valence-corrected chi connectivity index (χ0v) is 15.3. The maximum atomic E-state index is 12.5. The van der Waals surface area contributed by atoms with Crippen LogP contribution in [0.5, 0.6) is 0 Å². The molecule has 24 heavy (non-hydrogen) atoms. The summed E-state index contributed by atoms with van der Waals surface area (Å²) in [5, 5.41) is 8.75. The van der Waals surface area contributed by atoms with E-state index < -0.39 is 0 Å². The normalized spacial score (nSPS) is 17.2. The van der Waals surface area contributed by atoms with E-state index in [-0.39, 0.29) is 30.4 Å². The number of hydrogen-bond donors (Lipinski definition) is 3. The Morgan fingerprint density at radius 3 is 2.46 bits per heavy atom. The molecule has 1 aromatic carbocycles. The van der Waals surface area contributed by atoms with E-state index in [1.807, 2.05) is 25.8 Å². The van der Waals surface area contributed by atoms with Gasteiger partial charge in [0.1, 0.15) is 0 Å². The highest BCUT2D eigenvalue weighted by molar-refractivity contribution is 5.95. The molecule has 1 aromatic rings. The average molecular weight is 355 g/mol. The average Bonchev–Trinajstić information content (AvgIpc) is 2.54. The van der Waals surface area contributed by atoms with Crippen LogP contribution in [-0.4, -0.2) is 49.1 Å². The van der Waals surface area contributed by atoms with Crippen molar-refractivity contribution in [3.63, 3.8) is 0 Å². The predicted octanol–water partition coefficient (Wildman–Crippen LogP) is 2.46. The van der Waals surface area contributed by atoms with E-state index >= 15 is 0 Å². The third-order valence-electron chi connectivity index (χ3n) is 3.93. The van der Waals surface area contributed by atoms with Gasteiger partial charge in [0.25, 0.3) is 5.91 Å². The maximum absolute atomic E-state index is 12.5. The van der Waals surface area contributed by atoms with Gasteiger partial charge in [0.15, 0.2) is 0 Å². The van der Waals surface area contributed by atoms with Crippen molar-refractivity contribution < 1.29 is 9.59 Å². The van der Waals surface area contributed by atoms with Crippen molar-refractivity contribution in [1.29, 1.82) is 0 Å². The molecule has 0 saturated carbocycles. The third-order valence-corrected chi connectivity index (χ3v) is 3.93. The number of carbonyl (C=O) groups is 2. The SMILES string of the molecule is CNC1CCCN(C(=O)c2ccc(NC(=O)NC(C)C)cc2)C1.Cl. The number of nitrogens with zero attached hydrogens (tertiary/aromatic N) is 1. The van der Waals surface area contributed by atoms with Gasteiger partial charge in [-0.15, -0.1) is 12.4 Å². The number of rotatable bonds is 4. The molecule has 0 radical (unpaired) electrons. The number of benzene rings is 1. The molecule has 2 rings (SSSR count). The van der Waals surface area contributed by atoms with Crippen molar-refractivity contribution in [2.75, 3.05) is 25.5 Å². The number of likely N-dealkylation sites (N-methyl/N-ethyl adjacent to an activating group) is 1. The van der Waals surface area contributed by atoms with Gasteiger partial charge in [0, 0.05) is 36.4 Å². The Bertz CT molecular complexity index is 548. The Labute approximate surface area is 149 Å². The Balaban J connectivity index is 0.00000288. The van der Waals surface area contributed by atoms with Gasteiger partial charge < -0.3 is 20.9 Å². The van der Waals surface area contributed by atoms with Gasteiger partial charge in [-0.3, -0.25) is 4.79 Å². The molecule has 6 nitrogen and oxygen atoms in total. The second kappa shape index (κ2) is 9.49. The summed E-state index contributed by atoms with van der Waals surface area (Å²) >= 11 is 0. The van der Waals surface area contributed by atoms with Crippen LogP contribution in [0, 0.1) is 0 Å². The van der Waals surface area contributed by atoms with Crippen LogP contribution in [0.25, 0.3) is 0 Å². The summed E-state index contributed by atoms with van der Waals surface area (Å²) < 4.78 is 0. The number of urea groups is 1. The van der Waals surface area contributed by atoms with Crippen LogP contribution < -0.4 is 16.0 Å². The van der Waals surface area contributed by atoms with Gasteiger partial charge in [-0.2, -0.15) is 0 Å². The first kappa shape index (κ1) is 20.3. The van der Waals surface area contributed by atoms with Gasteiger partial charge in [-0.05, 0) is 58.0 Å². The van der Waals surface area contributed by atoms with Crippen LogP contribution in [0.4, 0.5) is 10.5 Å². The Morgan fingerprint density at radius 2 is 1.88 bits per heavy atom. The fourth-order valence-corrected chi connectivity index (χ4v) is 2.71. The molecule has 1 saturated heterocycles. The predicted molar refractivity (Wildman–Crippen MR) is 99.0 cm³/mol. The molecule has 1 heterocycles. The first-order valence-electron chi connectivity index (χ1n) is 8.13. The molecular weight excluding hydrogens is 328 g/mol. The molecule has 7 heteroatoms. The zero-order chi connectivity index (χ0) is 16.8. The lowest BCUT2D eigenvalue weighted by molar-refractivity contribution is 0.0698. The summed E-state index contributed by atoms with van der Waals surface area (Å²) in [7, 11) is 1.93. The van der Waals surface area contributed by atoms with E-state index in [0.29, 0.717) is 17.3 Å². The first-order valence-corrected chi connectivity index (χ1v) is 8.13. The van der Waals surface area contributed by atoms with E-state index in [4.69, 9.17) is 0 Å². The lowest BCUT2D eigenvalue weighted by Gasteiger charge is -2.32. The minimum Gasteiger partial charge on any atom is -0.337 e. The molecule has 3 N–H and O–H groups in total. The fourth-order valence-electron chi connectivity index (χ4n) is 2.71. The van der Waals surface area contributed by atoms with Crippen LogP contribution >= 0.6 is 12.4 Å². The monoisotopic (exact) mass is 354 g/mol. The quantitative estimate of drug-likeness (QED) is 0.777. The molecule has 0 bridgehead atoms. The van der Waals surface area contributed by atoms with E-state index in [1.165, 1.54) is 0 Å². The van der Waals surface area contributed by atoms with Crippen molar-refractivity contribution in [2.45, 2.75) is 38.8 Å². The first-order chi connectivity index (χ1) is 11.0. The molecule has 1 atom stereocenters. The third kappa shape index (κ3) is 5.69. The van der Waals surface area contributed by atoms with Crippen LogP contribution in [0.15, 0.2) is 24.3 Å². The summed E-state index contributed by atoms with van der Waals surface area (Å²) in [5.41, 5.74) is 1.32. The van der Waals surface area contributed by atoms with E-state index in [1.54, 1.807) is 24.3 Å². The maximum Gasteiger partial charge on any atom is 0.319 e. The molecule has 3 amide bonds. The zero-order valence-electron chi connectivity index (χ0n) is 14.5. The van der Waals surface area contributed by atoms with Crippen LogP contribution in [0.1, 0.15) is 37.0 Å². The van der Waals surface area contributed by atoms with Crippen molar-refractivity contribution in [1.82, 2.24) is 15.5 Å². The molecular formula is C17H27ClN4O2. The Morgan fingerprint density at radius 1 is 1.21 bits per heavy atom. The van der Waals surface area contributed by atoms with E-state index in [0.717, 1.165) is 25.9 Å². The highest BCUT2D eigenvalue weighted by atomic mass is 35.5. The number of carbonyl (C=O) groups excluding carboxylic acids is 2. The second-order valence-electron chi connectivity index (χ2n) is 6.21. The number of anilines is 1. The fraction of sp³-hybridized carbons (Fsp3) is 0.529. The summed E-state index contributed by atoms with van der Waals surface area (Å²) in [6.45, 7) is 5.34. The molecule has 134 valence electrons. The molecule has 0 aromatic heterocycles. The van der Waals surface area contributed by atoms with E-state index in [9.17, 15) is 9.59 Å². The Hall–Kier alpha value is -1.79. The molecule has 1 unspecified atom stereocenters. The highest BCUT2D eigenvalue weighted by Crippen LogP contribution is 2.16. The summed E-state index contributed by atoms with van der Waals surface area (Å²) in [6.07, 6.45) is 2.13. The van der Waals surface area contributed by atoms with Gasteiger partial charge in [0.2, 0.25) is 0 Å². The summed E-state index contributed by atoms with van der Waals surface area (Å²) in [4.78, 5) is 26.1. The van der Waals surface area contributed by atoms with Crippen LogP contribution in [0.2, 0.25) is 0 Å². The number of halogens is 1. The summed E-state index contributed by atoms with van der Waals surface area (Å²) in [5.74, 6) is 0.0446. The topological polar surface area (TPSA) is 73.5 Å². The van der Waals surface area contributed by atoms with Crippen molar-refractivity contribution in [3.8, 4) is 0 Å². The van der Waals surface area contributed by atoms with Crippen molar-refractivity contribution in [2.24, 2.45) is 0 Å². The highest BCUT2D eigenvalue weighted by Gasteiger charge is 2.23. The van der Waals surface area contributed by atoms with Gasteiger partial charge in [-0.1, -0.05) is 0 Å². The molecule has 1 fully saturated rings. The van der Waals surface area contributed by atoms with E-state index in [2.05, 4.69) is 16.0 Å². The van der Waals surface area contributed by atoms with Gasteiger partial charge >= 0.3 is 6.03 Å². The van der Waals surface area contributed by atoms with Gasteiger partial charge in [-0.25, -0.2) is 4.79 Å².